The third kappa shape index (κ3) is 6.33. The standard InChI is InChI=1S/C30H35N5O5/c1-7-40-26-15-11-10-14-25(26)35(27(36)19-34-24-13-9-8-12-23(24)32-33-34)28(29(37)31-30(2,3)4)20-16-21(38-5)18-22(17-20)39-6/h8-18,28H,7,19H2,1-6H3,(H,31,37)/t28-/m1/s1. The van der Waals surface area contributed by atoms with Gasteiger partial charge < -0.3 is 19.5 Å². The van der Waals surface area contributed by atoms with Crippen LogP contribution in [0.15, 0.2) is 66.7 Å². The van der Waals surface area contributed by atoms with E-state index < -0.39 is 17.5 Å². The molecule has 4 rings (SSSR count). The summed E-state index contributed by atoms with van der Waals surface area (Å²) in [6.07, 6.45) is 0. The third-order valence-corrected chi connectivity index (χ3v) is 6.09. The number of ether oxygens (including phenoxy) is 3. The van der Waals surface area contributed by atoms with Crippen molar-refractivity contribution in [1.29, 1.82) is 0 Å². The second-order valence-corrected chi connectivity index (χ2v) is 10.2. The molecule has 0 saturated heterocycles. The largest absolute Gasteiger partial charge is 0.497 e. The second kappa shape index (κ2) is 12.1. The van der Waals surface area contributed by atoms with Crippen LogP contribution in [0.2, 0.25) is 0 Å². The lowest BCUT2D eigenvalue weighted by Crippen LogP contribution is -2.50. The fourth-order valence-corrected chi connectivity index (χ4v) is 4.43. The Morgan fingerprint density at radius 3 is 2.27 bits per heavy atom. The van der Waals surface area contributed by atoms with Crippen LogP contribution in [0.3, 0.4) is 0 Å². The number of nitrogens with zero attached hydrogens (tertiary/aromatic N) is 4. The number of carbonyl (C=O) groups excluding carboxylic acids is 2. The van der Waals surface area contributed by atoms with E-state index in [1.54, 1.807) is 36.4 Å². The van der Waals surface area contributed by atoms with Gasteiger partial charge in [-0.2, -0.15) is 0 Å². The number of fused-ring (bicyclic) bond motifs is 1. The molecule has 0 aliphatic carbocycles. The first kappa shape index (κ1) is 28.4. The maximum Gasteiger partial charge on any atom is 0.249 e. The summed E-state index contributed by atoms with van der Waals surface area (Å²) in [7, 11) is 3.07. The number of nitrogens with one attached hydrogen (secondary N) is 1. The molecule has 0 radical (unpaired) electrons. The number of hydrogen-bond donors (Lipinski definition) is 1. The topological polar surface area (TPSA) is 108 Å². The lowest BCUT2D eigenvalue weighted by molar-refractivity contribution is -0.128. The van der Waals surface area contributed by atoms with Crippen molar-refractivity contribution in [3.05, 3.63) is 72.3 Å². The Kier molecular flexibility index (Phi) is 8.57. The average Bonchev–Trinajstić information content (AvgIpc) is 3.33. The summed E-state index contributed by atoms with van der Waals surface area (Å²) in [5, 5.41) is 11.4. The van der Waals surface area contributed by atoms with Crippen molar-refractivity contribution in [1.82, 2.24) is 20.3 Å². The smallest absolute Gasteiger partial charge is 0.249 e. The molecule has 10 heteroatoms. The van der Waals surface area contributed by atoms with Crippen LogP contribution in [0, 0.1) is 0 Å². The minimum absolute atomic E-state index is 0.165. The molecule has 0 aliphatic rings. The Hall–Kier alpha value is -4.60. The molecule has 4 aromatic rings. The van der Waals surface area contributed by atoms with Crippen LogP contribution < -0.4 is 24.4 Å². The van der Waals surface area contributed by atoms with Crippen LogP contribution >= 0.6 is 0 Å². The van der Waals surface area contributed by atoms with E-state index >= 15 is 0 Å². The van der Waals surface area contributed by atoms with Crippen LogP contribution in [0.5, 0.6) is 17.2 Å². The summed E-state index contributed by atoms with van der Waals surface area (Å²) in [6.45, 7) is 7.73. The fourth-order valence-electron chi connectivity index (χ4n) is 4.43. The lowest BCUT2D eigenvalue weighted by atomic mass is 9.99. The maximum atomic E-state index is 14.3. The number of benzene rings is 3. The highest BCUT2D eigenvalue weighted by Crippen LogP contribution is 2.38. The first-order valence-electron chi connectivity index (χ1n) is 13.0. The molecule has 210 valence electrons. The van der Waals surface area contributed by atoms with E-state index in [1.165, 1.54) is 23.8 Å². The van der Waals surface area contributed by atoms with Crippen molar-refractivity contribution in [2.45, 2.75) is 45.8 Å². The van der Waals surface area contributed by atoms with Crippen LogP contribution in [0.25, 0.3) is 11.0 Å². The molecule has 0 saturated carbocycles. The minimum Gasteiger partial charge on any atom is -0.497 e. The van der Waals surface area contributed by atoms with E-state index in [0.717, 1.165) is 0 Å². The van der Waals surface area contributed by atoms with E-state index in [9.17, 15) is 9.59 Å². The molecule has 2 amide bonds. The average molecular weight is 546 g/mol. The van der Waals surface area contributed by atoms with Crippen molar-refractivity contribution < 1.29 is 23.8 Å². The van der Waals surface area contributed by atoms with E-state index in [-0.39, 0.29) is 12.5 Å². The van der Waals surface area contributed by atoms with Gasteiger partial charge in [0.2, 0.25) is 11.8 Å². The zero-order valence-corrected chi connectivity index (χ0v) is 23.7. The summed E-state index contributed by atoms with van der Waals surface area (Å²) < 4.78 is 18.5. The van der Waals surface area contributed by atoms with Crippen LogP contribution in [-0.2, 0) is 16.1 Å². The molecule has 1 heterocycles. The Labute approximate surface area is 233 Å². The molecule has 1 aromatic heterocycles. The first-order valence-corrected chi connectivity index (χ1v) is 13.0. The van der Waals surface area contributed by atoms with Gasteiger partial charge in [-0.25, -0.2) is 4.68 Å². The van der Waals surface area contributed by atoms with Crippen molar-refractivity contribution in [2.75, 3.05) is 25.7 Å². The summed E-state index contributed by atoms with van der Waals surface area (Å²) in [5.41, 5.74) is 1.73. The third-order valence-electron chi connectivity index (χ3n) is 6.09. The van der Waals surface area contributed by atoms with E-state index in [2.05, 4.69) is 15.6 Å². The fraction of sp³-hybridized carbons (Fsp3) is 0.333. The second-order valence-electron chi connectivity index (χ2n) is 10.2. The summed E-state index contributed by atoms with van der Waals surface area (Å²) >= 11 is 0. The van der Waals surface area contributed by atoms with E-state index in [1.807, 2.05) is 58.0 Å². The van der Waals surface area contributed by atoms with Gasteiger partial charge in [-0.05, 0) is 69.7 Å². The highest BCUT2D eigenvalue weighted by molar-refractivity contribution is 6.02. The molecule has 0 unspecified atom stereocenters. The number of methoxy groups -OCH3 is 2. The summed E-state index contributed by atoms with van der Waals surface area (Å²) in [6, 6.07) is 18.6. The molecular weight excluding hydrogens is 510 g/mol. The predicted molar refractivity (Wildman–Crippen MR) is 153 cm³/mol. The van der Waals surface area contributed by atoms with Crippen LogP contribution in [0.4, 0.5) is 5.69 Å². The highest BCUT2D eigenvalue weighted by Gasteiger charge is 2.37. The van der Waals surface area contributed by atoms with Gasteiger partial charge >= 0.3 is 0 Å². The molecule has 1 atom stereocenters. The number of aromatic nitrogens is 3. The molecule has 40 heavy (non-hydrogen) atoms. The number of anilines is 1. The molecular formula is C30H35N5O5. The number of para-hydroxylation sites is 3. The Bertz CT molecular complexity index is 1470. The zero-order valence-electron chi connectivity index (χ0n) is 23.7. The molecule has 0 aliphatic heterocycles. The van der Waals surface area contributed by atoms with Gasteiger partial charge in [0.15, 0.2) is 0 Å². The van der Waals surface area contributed by atoms with Gasteiger partial charge in [-0.1, -0.05) is 29.5 Å². The molecule has 0 bridgehead atoms. The Balaban J connectivity index is 1.92. The number of carbonyl (C=O) groups is 2. The lowest BCUT2D eigenvalue weighted by Gasteiger charge is -2.34. The number of rotatable bonds is 10. The van der Waals surface area contributed by atoms with Gasteiger partial charge in [0, 0.05) is 11.6 Å². The van der Waals surface area contributed by atoms with Crippen LogP contribution in [0.1, 0.15) is 39.3 Å². The zero-order chi connectivity index (χ0) is 28.9. The number of amides is 2. The highest BCUT2D eigenvalue weighted by atomic mass is 16.5. The van der Waals surface area contributed by atoms with Crippen LogP contribution in [-0.4, -0.2) is 53.2 Å². The minimum atomic E-state index is -1.10. The molecule has 0 spiro atoms. The van der Waals surface area contributed by atoms with Crippen molar-refractivity contribution in [3.8, 4) is 17.2 Å². The number of hydrogen-bond acceptors (Lipinski definition) is 7. The van der Waals surface area contributed by atoms with Crippen molar-refractivity contribution >= 4 is 28.5 Å². The normalized spacial score (nSPS) is 12.1. The van der Waals surface area contributed by atoms with Crippen molar-refractivity contribution in [3.63, 3.8) is 0 Å². The quantitative estimate of drug-likeness (QED) is 0.312. The Morgan fingerprint density at radius 2 is 1.62 bits per heavy atom. The Morgan fingerprint density at radius 1 is 0.975 bits per heavy atom. The monoisotopic (exact) mass is 545 g/mol. The van der Waals surface area contributed by atoms with Crippen molar-refractivity contribution in [2.24, 2.45) is 0 Å². The van der Waals surface area contributed by atoms with E-state index in [0.29, 0.717) is 46.1 Å². The molecule has 3 aromatic carbocycles. The maximum absolute atomic E-state index is 14.3. The molecule has 0 fully saturated rings. The molecule has 1 N–H and O–H groups in total. The van der Waals surface area contributed by atoms with Gasteiger partial charge in [0.25, 0.3) is 0 Å². The van der Waals surface area contributed by atoms with Gasteiger partial charge in [0.05, 0.1) is 32.0 Å². The summed E-state index contributed by atoms with van der Waals surface area (Å²) in [5.74, 6) is 0.654. The summed E-state index contributed by atoms with van der Waals surface area (Å²) in [4.78, 5) is 29.9. The van der Waals surface area contributed by atoms with E-state index in [4.69, 9.17) is 14.2 Å². The molecule has 10 nitrogen and oxygen atoms in total. The van der Waals surface area contributed by atoms with Gasteiger partial charge in [-0.15, -0.1) is 5.10 Å². The van der Waals surface area contributed by atoms with Gasteiger partial charge in [0.1, 0.15) is 35.4 Å². The SMILES string of the molecule is CCOc1ccccc1N(C(=O)Cn1nnc2ccccc21)[C@@H](C(=O)NC(C)(C)C)c1cc(OC)cc(OC)c1. The first-order chi connectivity index (χ1) is 19.1. The predicted octanol–water partition coefficient (Wildman–Crippen LogP) is 4.54. The van der Waals surface area contributed by atoms with Gasteiger partial charge in [-0.3, -0.25) is 14.5 Å².